The Bertz CT molecular complexity index is 1600. The van der Waals surface area contributed by atoms with Gasteiger partial charge in [0, 0.05) is 40.8 Å². The maximum absolute atomic E-state index is 11.6. The molecular formula is C24H16ClN5O4S. The van der Waals surface area contributed by atoms with E-state index in [-0.39, 0.29) is 22.0 Å². The Labute approximate surface area is 205 Å². The zero-order valence-electron chi connectivity index (χ0n) is 17.9. The number of hydrogen-bond acceptors (Lipinski definition) is 6. The molecule has 0 saturated carbocycles. The van der Waals surface area contributed by atoms with Crippen molar-refractivity contribution in [1.29, 1.82) is 5.26 Å². The lowest BCUT2D eigenvalue weighted by molar-refractivity contribution is -0.384. The number of hydrogen-bond donors (Lipinski definition) is 1. The molecule has 11 heteroatoms. The van der Waals surface area contributed by atoms with E-state index in [4.69, 9.17) is 16.7 Å². The number of rotatable bonds is 6. The Hall–Kier alpha value is -4.30. The number of benzene rings is 3. The number of nitrogens with zero attached hydrogens (tertiary/aromatic N) is 4. The molecule has 0 unspecified atom stereocenters. The van der Waals surface area contributed by atoms with Gasteiger partial charge in [-0.2, -0.15) is 5.26 Å². The molecule has 3 aromatic carbocycles. The van der Waals surface area contributed by atoms with Crippen molar-refractivity contribution >= 4 is 39.3 Å². The van der Waals surface area contributed by atoms with Crippen LogP contribution in [0.1, 0.15) is 11.1 Å². The minimum absolute atomic E-state index is 0.0616. The fourth-order valence-corrected chi connectivity index (χ4v) is 4.07. The molecule has 174 valence electrons. The van der Waals surface area contributed by atoms with Crippen molar-refractivity contribution < 1.29 is 13.3 Å². The van der Waals surface area contributed by atoms with Crippen molar-refractivity contribution in [2.45, 2.75) is 4.90 Å². The van der Waals surface area contributed by atoms with Gasteiger partial charge in [-0.25, -0.2) is 18.5 Å². The zero-order chi connectivity index (χ0) is 25.2. The van der Waals surface area contributed by atoms with Gasteiger partial charge < -0.3 is 4.57 Å². The third kappa shape index (κ3) is 5.12. The van der Waals surface area contributed by atoms with Crippen LogP contribution in [0.5, 0.6) is 0 Å². The monoisotopic (exact) mass is 505 g/mol. The Balaban J connectivity index is 1.89. The standard InChI is InChI=1S/C24H16ClN5O4S/c25-18-6-4-17(5-7-18)23-15-29(19-8-10-21(11-9-19)35(27,33)34)24(22(23)13-26)28-14-16-2-1-3-20(12-16)30(31)32/h1-12,14-15H,(H2,27,33,34)/b28-14+. The predicted octanol–water partition coefficient (Wildman–Crippen LogP) is 4.98. The summed E-state index contributed by atoms with van der Waals surface area (Å²) in [7, 11) is -3.88. The summed E-state index contributed by atoms with van der Waals surface area (Å²) in [5.41, 5.74) is 2.45. The Morgan fingerprint density at radius 3 is 2.37 bits per heavy atom. The summed E-state index contributed by atoms with van der Waals surface area (Å²) in [6.07, 6.45) is 3.12. The normalized spacial score (nSPS) is 11.5. The first-order chi connectivity index (χ1) is 16.7. The first-order valence-electron chi connectivity index (χ1n) is 10.0. The molecule has 0 fully saturated rings. The molecule has 1 heterocycles. The summed E-state index contributed by atoms with van der Waals surface area (Å²) >= 11 is 6.01. The largest absolute Gasteiger partial charge is 0.300 e. The maximum atomic E-state index is 11.6. The first-order valence-corrected chi connectivity index (χ1v) is 11.9. The molecule has 0 atom stereocenters. The van der Waals surface area contributed by atoms with Crippen LogP contribution in [0.25, 0.3) is 16.8 Å². The second kappa shape index (κ2) is 9.52. The number of halogens is 1. The van der Waals surface area contributed by atoms with E-state index in [1.807, 2.05) is 0 Å². The molecule has 2 N–H and O–H groups in total. The minimum atomic E-state index is -3.88. The lowest BCUT2D eigenvalue weighted by Gasteiger charge is -2.07. The van der Waals surface area contributed by atoms with Crippen molar-refractivity contribution in [2.75, 3.05) is 0 Å². The summed E-state index contributed by atoms with van der Waals surface area (Å²) < 4.78 is 24.9. The fraction of sp³-hybridized carbons (Fsp3) is 0. The zero-order valence-corrected chi connectivity index (χ0v) is 19.4. The first kappa shape index (κ1) is 23.8. The third-order valence-electron chi connectivity index (χ3n) is 5.11. The minimum Gasteiger partial charge on any atom is -0.300 e. The molecule has 0 radical (unpaired) electrons. The Morgan fingerprint density at radius 1 is 1.09 bits per heavy atom. The molecule has 0 aliphatic rings. The molecule has 0 spiro atoms. The van der Waals surface area contributed by atoms with Crippen molar-refractivity contribution in [2.24, 2.45) is 10.1 Å². The van der Waals surface area contributed by atoms with Gasteiger partial charge in [-0.05, 0) is 47.5 Å². The third-order valence-corrected chi connectivity index (χ3v) is 6.29. The van der Waals surface area contributed by atoms with Crippen molar-refractivity contribution in [3.8, 4) is 22.9 Å². The van der Waals surface area contributed by atoms with Gasteiger partial charge in [-0.15, -0.1) is 0 Å². The van der Waals surface area contributed by atoms with E-state index in [0.29, 0.717) is 21.8 Å². The van der Waals surface area contributed by atoms with Crippen LogP contribution < -0.4 is 5.14 Å². The number of aliphatic imine (C=N–C) groups is 1. The molecule has 0 amide bonds. The SMILES string of the molecule is N#Cc1c(-c2ccc(Cl)cc2)cn(-c2ccc(S(N)(=O)=O)cc2)c1/N=C/c1cccc([N+](=O)[O-])c1. The van der Waals surface area contributed by atoms with Crippen LogP contribution in [0.15, 0.2) is 88.9 Å². The number of non-ortho nitro benzene ring substituents is 1. The van der Waals surface area contributed by atoms with Crippen LogP contribution in [0.2, 0.25) is 5.02 Å². The molecule has 0 aliphatic heterocycles. The Morgan fingerprint density at radius 2 is 1.77 bits per heavy atom. The summed E-state index contributed by atoms with van der Waals surface area (Å²) in [5, 5.41) is 26.8. The number of nitriles is 1. The quantitative estimate of drug-likeness (QED) is 0.223. The number of aromatic nitrogens is 1. The van der Waals surface area contributed by atoms with E-state index >= 15 is 0 Å². The topological polar surface area (TPSA) is 144 Å². The van der Waals surface area contributed by atoms with Crippen LogP contribution in [0.4, 0.5) is 11.5 Å². The van der Waals surface area contributed by atoms with E-state index in [1.54, 1.807) is 53.2 Å². The number of nitro benzene ring substituents is 1. The fourth-order valence-electron chi connectivity index (χ4n) is 3.43. The highest BCUT2D eigenvalue weighted by Gasteiger charge is 2.19. The van der Waals surface area contributed by atoms with Crippen molar-refractivity contribution in [1.82, 2.24) is 4.57 Å². The van der Waals surface area contributed by atoms with Gasteiger partial charge in [-0.1, -0.05) is 35.9 Å². The summed E-state index contributed by atoms with van der Waals surface area (Å²) in [6, 6.07) is 20.8. The lowest BCUT2D eigenvalue weighted by atomic mass is 10.1. The molecular weight excluding hydrogens is 490 g/mol. The van der Waals surface area contributed by atoms with Crippen LogP contribution >= 0.6 is 11.6 Å². The van der Waals surface area contributed by atoms with Crippen LogP contribution in [0, 0.1) is 21.4 Å². The lowest BCUT2D eigenvalue weighted by Crippen LogP contribution is -2.11. The van der Waals surface area contributed by atoms with E-state index in [9.17, 15) is 23.8 Å². The molecule has 0 aliphatic carbocycles. The second-order valence-electron chi connectivity index (χ2n) is 7.38. The maximum Gasteiger partial charge on any atom is 0.270 e. The summed E-state index contributed by atoms with van der Waals surface area (Å²) in [5.74, 6) is 0.257. The second-order valence-corrected chi connectivity index (χ2v) is 9.38. The van der Waals surface area contributed by atoms with E-state index in [0.717, 1.165) is 5.56 Å². The average molecular weight is 506 g/mol. The number of primary sulfonamides is 1. The van der Waals surface area contributed by atoms with Gasteiger partial charge in [0.1, 0.15) is 11.6 Å². The van der Waals surface area contributed by atoms with Gasteiger partial charge >= 0.3 is 0 Å². The van der Waals surface area contributed by atoms with Gasteiger partial charge in [0.15, 0.2) is 5.82 Å². The highest BCUT2D eigenvalue weighted by atomic mass is 35.5. The molecule has 35 heavy (non-hydrogen) atoms. The Kier molecular flexibility index (Phi) is 6.48. The van der Waals surface area contributed by atoms with Gasteiger partial charge in [-0.3, -0.25) is 10.1 Å². The van der Waals surface area contributed by atoms with Crippen LogP contribution in [-0.4, -0.2) is 24.1 Å². The van der Waals surface area contributed by atoms with E-state index in [2.05, 4.69) is 11.1 Å². The highest BCUT2D eigenvalue weighted by Crippen LogP contribution is 2.36. The molecule has 1 aromatic heterocycles. The van der Waals surface area contributed by atoms with Gasteiger partial charge in [0.2, 0.25) is 10.0 Å². The number of nitro groups is 1. The predicted molar refractivity (Wildman–Crippen MR) is 133 cm³/mol. The van der Waals surface area contributed by atoms with Crippen LogP contribution in [-0.2, 0) is 10.0 Å². The molecule has 4 rings (SSSR count). The van der Waals surface area contributed by atoms with Gasteiger partial charge in [0.25, 0.3) is 5.69 Å². The van der Waals surface area contributed by atoms with Crippen LogP contribution in [0.3, 0.4) is 0 Å². The number of nitrogens with two attached hydrogens (primary N) is 1. The summed E-state index contributed by atoms with van der Waals surface area (Å²) in [6.45, 7) is 0. The smallest absolute Gasteiger partial charge is 0.270 e. The van der Waals surface area contributed by atoms with Crippen molar-refractivity contribution in [3.63, 3.8) is 0 Å². The average Bonchev–Trinajstić information content (AvgIpc) is 3.21. The molecule has 9 nitrogen and oxygen atoms in total. The molecule has 0 bridgehead atoms. The number of sulfonamides is 1. The molecule has 4 aromatic rings. The van der Waals surface area contributed by atoms with Crippen molar-refractivity contribution in [3.05, 3.63) is 105 Å². The van der Waals surface area contributed by atoms with E-state index < -0.39 is 14.9 Å². The highest BCUT2D eigenvalue weighted by molar-refractivity contribution is 7.89. The molecule has 0 saturated heterocycles. The summed E-state index contributed by atoms with van der Waals surface area (Å²) in [4.78, 5) is 15.0. The van der Waals surface area contributed by atoms with Gasteiger partial charge in [0.05, 0.1) is 9.82 Å². The van der Waals surface area contributed by atoms with E-state index in [1.165, 1.54) is 36.5 Å².